The fourth-order valence-electron chi connectivity index (χ4n) is 9.24. The van der Waals surface area contributed by atoms with E-state index in [0.29, 0.717) is 17.5 Å². The predicted octanol–water partition coefficient (Wildman–Crippen LogP) is 15.4. The maximum Gasteiger partial charge on any atom is 0.166 e. The highest BCUT2D eigenvalue weighted by atomic mass is 16.3. The van der Waals surface area contributed by atoms with Crippen LogP contribution in [0.1, 0.15) is 11.3 Å². The number of furan rings is 1. The van der Waals surface area contributed by atoms with Gasteiger partial charge in [0.15, 0.2) is 17.5 Å². The number of aromatic nitrogens is 4. The largest absolute Gasteiger partial charge is 0.456 e. The SMILES string of the molecule is C=C/C=C\c1c(C)c2cc3ccccc3cc2n1-c1ccc2oc3cc4ccccc4cc3c2c1-c1nc(-c2ccc(-c3ccccc3)cc2)nc(-c2ccc3ccccc3c2)n1. The summed E-state index contributed by atoms with van der Waals surface area (Å²) in [7, 11) is 0. The Morgan fingerprint density at radius 2 is 1.03 bits per heavy atom. The molecule has 0 saturated carbocycles. The average Bonchev–Trinajstić information content (AvgIpc) is 3.83. The Kier molecular flexibility index (Phi) is 8.47. The Hall–Kier alpha value is -8.41. The average molecular weight is 807 g/mol. The standard InChI is InChI=1S/C58H38N4O/c1-3-4-22-49-36(2)47-32-42-18-10-12-20-44(42)34-51(47)62(49)50-29-30-52-54(48-33-43-19-11-13-21-45(43)35-53(48)63-52)55(50)58-60-56(40-26-23-39(24-27-40)37-14-6-5-7-15-37)59-57(61-58)46-28-25-38-16-8-9-17-41(38)31-46/h3-35H,1H2,2H3/b22-4-. The third-order valence-corrected chi connectivity index (χ3v) is 12.4. The Bertz CT molecular complexity index is 3820. The lowest BCUT2D eigenvalue weighted by Gasteiger charge is -2.17. The number of rotatable bonds is 7. The van der Waals surface area contributed by atoms with Crippen LogP contribution in [0.2, 0.25) is 0 Å². The summed E-state index contributed by atoms with van der Waals surface area (Å²) in [4.78, 5) is 16.2. The van der Waals surface area contributed by atoms with Gasteiger partial charge in [0, 0.05) is 33.0 Å². The second kappa shape index (κ2) is 14.6. The quantitative estimate of drug-likeness (QED) is 0.151. The zero-order valence-electron chi connectivity index (χ0n) is 34.5. The van der Waals surface area contributed by atoms with E-state index in [4.69, 9.17) is 19.4 Å². The Morgan fingerprint density at radius 1 is 0.476 bits per heavy atom. The molecule has 5 heteroatoms. The van der Waals surface area contributed by atoms with Gasteiger partial charge in [-0.05, 0) is 104 Å². The van der Waals surface area contributed by atoms with Gasteiger partial charge in [0.05, 0.1) is 16.8 Å². The molecule has 0 aliphatic carbocycles. The summed E-state index contributed by atoms with van der Waals surface area (Å²) in [5.41, 5.74) is 10.7. The molecule has 0 amide bonds. The zero-order chi connectivity index (χ0) is 42.0. The molecule has 63 heavy (non-hydrogen) atoms. The van der Waals surface area contributed by atoms with Gasteiger partial charge in [0.25, 0.3) is 0 Å². The summed E-state index contributed by atoms with van der Waals surface area (Å²) in [5, 5.41) is 9.94. The molecule has 12 rings (SSSR count). The van der Waals surface area contributed by atoms with Crippen LogP contribution < -0.4 is 0 Å². The lowest BCUT2D eigenvalue weighted by atomic mass is 10.00. The molecule has 0 aliphatic rings. The summed E-state index contributed by atoms with van der Waals surface area (Å²) < 4.78 is 9.15. The normalized spacial score (nSPS) is 11.9. The minimum atomic E-state index is 0.547. The summed E-state index contributed by atoms with van der Waals surface area (Å²) in [5.74, 6) is 1.71. The van der Waals surface area contributed by atoms with Crippen LogP contribution in [0, 0.1) is 6.92 Å². The van der Waals surface area contributed by atoms with Gasteiger partial charge in [-0.1, -0.05) is 158 Å². The Balaban J connectivity index is 1.20. The lowest BCUT2D eigenvalue weighted by molar-refractivity contribution is 0.669. The van der Waals surface area contributed by atoms with E-state index in [9.17, 15) is 0 Å². The molecule has 3 heterocycles. The molecule has 0 radical (unpaired) electrons. The van der Waals surface area contributed by atoms with Gasteiger partial charge in [-0.25, -0.2) is 15.0 Å². The van der Waals surface area contributed by atoms with E-state index in [2.05, 4.69) is 200 Å². The van der Waals surface area contributed by atoms with Crippen molar-refractivity contribution >= 4 is 71.2 Å². The molecule has 0 N–H and O–H groups in total. The monoisotopic (exact) mass is 806 g/mol. The molecule has 5 nitrogen and oxygen atoms in total. The van der Waals surface area contributed by atoms with E-state index in [0.717, 1.165) is 105 Å². The van der Waals surface area contributed by atoms with Gasteiger partial charge < -0.3 is 8.98 Å². The van der Waals surface area contributed by atoms with Crippen LogP contribution in [0.4, 0.5) is 0 Å². The van der Waals surface area contributed by atoms with Crippen molar-refractivity contribution in [2.45, 2.75) is 6.92 Å². The van der Waals surface area contributed by atoms with E-state index >= 15 is 0 Å². The van der Waals surface area contributed by atoms with Gasteiger partial charge in [-0.3, -0.25) is 0 Å². The first-order valence-electron chi connectivity index (χ1n) is 21.2. The van der Waals surface area contributed by atoms with Crippen molar-refractivity contribution < 1.29 is 4.42 Å². The molecule has 0 saturated heterocycles. The third-order valence-electron chi connectivity index (χ3n) is 12.4. The smallest absolute Gasteiger partial charge is 0.166 e. The van der Waals surface area contributed by atoms with E-state index in [1.54, 1.807) is 0 Å². The number of benzene rings is 9. The number of nitrogens with zero attached hydrogens (tertiary/aromatic N) is 4. The number of fused-ring (bicyclic) bond motifs is 7. The molecule has 0 aliphatic heterocycles. The fraction of sp³-hybridized carbons (Fsp3) is 0.0172. The summed E-state index contributed by atoms with van der Waals surface area (Å²) >= 11 is 0. The Labute approximate surface area is 363 Å². The van der Waals surface area contributed by atoms with Crippen LogP contribution in [0.25, 0.3) is 122 Å². The number of allylic oxidation sites excluding steroid dienone is 2. The van der Waals surface area contributed by atoms with Crippen molar-refractivity contribution in [1.82, 2.24) is 19.5 Å². The van der Waals surface area contributed by atoms with Crippen LogP contribution in [0.3, 0.4) is 0 Å². The van der Waals surface area contributed by atoms with E-state index in [-0.39, 0.29) is 0 Å². The molecule has 0 bridgehead atoms. The minimum absolute atomic E-state index is 0.547. The van der Waals surface area contributed by atoms with Crippen molar-refractivity contribution in [1.29, 1.82) is 0 Å². The van der Waals surface area contributed by atoms with Crippen molar-refractivity contribution in [3.05, 3.63) is 212 Å². The highest BCUT2D eigenvalue weighted by molar-refractivity contribution is 6.17. The number of hydrogen-bond acceptors (Lipinski definition) is 4. The van der Waals surface area contributed by atoms with Crippen LogP contribution in [-0.2, 0) is 0 Å². The van der Waals surface area contributed by atoms with Crippen molar-refractivity contribution in [3.63, 3.8) is 0 Å². The van der Waals surface area contributed by atoms with Crippen molar-refractivity contribution in [3.8, 4) is 51.0 Å². The number of hydrogen-bond donors (Lipinski definition) is 0. The number of aryl methyl sites for hydroxylation is 1. The van der Waals surface area contributed by atoms with Gasteiger partial charge in [0.1, 0.15) is 11.2 Å². The van der Waals surface area contributed by atoms with Crippen LogP contribution in [0.15, 0.2) is 205 Å². The second-order valence-electron chi connectivity index (χ2n) is 16.1. The van der Waals surface area contributed by atoms with E-state index in [1.165, 1.54) is 5.39 Å². The van der Waals surface area contributed by atoms with Gasteiger partial charge in [-0.15, -0.1) is 0 Å². The molecule has 0 unspecified atom stereocenters. The first kappa shape index (κ1) is 36.4. The fourth-order valence-corrected chi connectivity index (χ4v) is 9.24. The van der Waals surface area contributed by atoms with Crippen LogP contribution >= 0.6 is 0 Å². The molecule has 296 valence electrons. The van der Waals surface area contributed by atoms with E-state index < -0.39 is 0 Å². The topological polar surface area (TPSA) is 56.7 Å². The summed E-state index contributed by atoms with van der Waals surface area (Å²) in [6, 6.07) is 63.9. The van der Waals surface area contributed by atoms with Gasteiger partial charge in [-0.2, -0.15) is 0 Å². The molecule has 0 spiro atoms. The van der Waals surface area contributed by atoms with Crippen LogP contribution in [0.5, 0.6) is 0 Å². The molecular formula is C58H38N4O. The summed E-state index contributed by atoms with van der Waals surface area (Å²) in [6.07, 6.45) is 5.98. The Morgan fingerprint density at radius 3 is 1.75 bits per heavy atom. The maximum atomic E-state index is 6.78. The lowest BCUT2D eigenvalue weighted by Crippen LogP contribution is -2.05. The predicted molar refractivity (Wildman–Crippen MR) is 262 cm³/mol. The molecule has 12 aromatic rings. The highest BCUT2D eigenvalue weighted by Crippen LogP contribution is 2.44. The molecule has 0 atom stereocenters. The van der Waals surface area contributed by atoms with Crippen molar-refractivity contribution in [2.24, 2.45) is 0 Å². The third kappa shape index (κ3) is 6.13. The first-order valence-corrected chi connectivity index (χ1v) is 21.2. The maximum absolute atomic E-state index is 6.78. The van der Waals surface area contributed by atoms with Gasteiger partial charge >= 0.3 is 0 Å². The molecule has 0 fully saturated rings. The van der Waals surface area contributed by atoms with E-state index in [1.807, 2.05) is 18.2 Å². The van der Waals surface area contributed by atoms with Gasteiger partial charge in [0.2, 0.25) is 0 Å². The summed E-state index contributed by atoms with van der Waals surface area (Å²) in [6.45, 7) is 6.25. The van der Waals surface area contributed by atoms with Crippen LogP contribution in [-0.4, -0.2) is 19.5 Å². The zero-order valence-corrected chi connectivity index (χ0v) is 34.5. The van der Waals surface area contributed by atoms with Crippen molar-refractivity contribution in [2.75, 3.05) is 0 Å². The molecule has 3 aromatic heterocycles. The highest BCUT2D eigenvalue weighted by Gasteiger charge is 2.25. The second-order valence-corrected chi connectivity index (χ2v) is 16.1. The molecule has 9 aromatic carbocycles. The minimum Gasteiger partial charge on any atom is -0.456 e. The first-order chi connectivity index (χ1) is 31.1. The molecular weight excluding hydrogens is 769 g/mol.